The van der Waals surface area contributed by atoms with Crippen molar-refractivity contribution in [1.82, 2.24) is 5.32 Å². The third-order valence-corrected chi connectivity index (χ3v) is 3.58. The number of hydrogen-bond acceptors (Lipinski definition) is 3. The third-order valence-electron chi connectivity index (χ3n) is 3.58. The van der Waals surface area contributed by atoms with Gasteiger partial charge in [-0.05, 0) is 37.8 Å². The molecule has 20 heavy (non-hydrogen) atoms. The molecule has 1 atom stereocenters. The topological polar surface area (TPSA) is 75.6 Å². The molecule has 0 aromatic heterocycles. The van der Waals surface area contributed by atoms with Crippen LogP contribution in [0.25, 0.3) is 0 Å². The van der Waals surface area contributed by atoms with E-state index in [4.69, 9.17) is 4.74 Å². The zero-order chi connectivity index (χ0) is 14.7. The molecule has 2 N–H and O–H groups in total. The summed E-state index contributed by atoms with van der Waals surface area (Å²) in [6, 6.07) is 3.48. The predicted molar refractivity (Wildman–Crippen MR) is 74.2 cm³/mol. The molecule has 0 spiro atoms. The monoisotopic (exact) mass is 277 g/mol. The Morgan fingerprint density at radius 3 is 2.50 bits per heavy atom. The van der Waals surface area contributed by atoms with Gasteiger partial charge in [0.15, 0.2) is 0 Å². The Morgan fingerprint density at radius 2 is 1.95 bits per heavy atom. The van der Waals surface area contributed by atoms with Crippen LogP contribution in [0.4, 0.5) is 0 Å². The van der Waals surface area contributed by atoms with Crippen LogP contribution in [0.1, 0.15) is 44.7 Å². The average Bonchev–Trinajstić information content (AvgIpc) is 2.91. The van der Waals surface area contributed by atoms with E-state index in [9.17, 15) is 14.7 Å². The van der Waals surface area contributed by atoms with E-state index < -0.39 is 5.97 Å². The summed E-state index contributed by atoms with van der Waals surface area (Å²) in [6.45, 7) is 4.59. The summed E-state index contributed by atoms with van der Waals surface area (Å²) in [5.41, 5.74) is 1.58. The maximum absolute atomic E-state index is 12.3. The Balaban J connectivity index is 2.19. The number of rotatable bonds is 4. The van der Waals surface area contributed by atoms with E-state index in [1.54, 1.807) is 26.0 Å². The summed E-state index contributed by atoms with van der Waals surface area (Å²) in [5.74, 6) is -1.42. The quantitative estimate of drug-likeness (QED) is 0.881. The van der Waals surface area contributed by atoms with E-state index >= 15 is 0 Å². The van der Waals surface area contributed by atoms with Crippen LogP contribution in [-0.2, 0) is 4.74 Å². The van der Waals surface area contributed by atoms with Crippen molar-refractivity contribution in [2.75, 3.05) is 13.2 Å². The summed E-state index contributed by atoms with van der Waals surface area (Å²) in [6.07, 6.45) is 1.97. The molecule has 1 amide bonds. The molecule has 0 aliphatic carbocycles. The molecule has 108 valence electrons. The number of carbonyl (C=O) groups excluding carboxylic acids is 1. The van der Waals surface area contributed by atoms with E-state index in [-0.39, 0.29) is 23.1 Å². The first-order valence-corrected chi connectivity index (χ1v) is 6.74. The van der Waals surface area contributed by atoms with Crippen molar-refractivity contribution >= 4 is 11.9 Å². The zero-order valence-electron chi connectivity index (χ0n) is 11.7. The first-order chi connectivity index (χ1) is 9.50. The number of benzene rings is 1. The number of aromatic carboxylic acids is 1. The van der Waals surface area contributed by atoms with Crippen LogP contribution >= 0.6 is 0 Å². The highest BCUT2D eigenvalue weighted by molar-refractivity contribution is 6.06. The average molecular weight is 277 g/mol. The Morgan fingerprint density at radius 1 is 1.30 bits per heavy atom. The van der Waals surface area contributed by atoms with Crippen molar-refractivity contribution in [3.05, 3.63) is 34.4 Å². The molecular weight excluding hydrogens is 258 g/mol. The number of nitrogens with one attached hydrogen (secondary N) is 1. The van der Waals surface area contributed by atoms with Gasteiger partial charge in [0.1, 0.15) is 0 Å². The van der Waals surface area contributed by atoms with Gasteiger partial charge in [0, 0.05) is 13.2 Å². The molecule has 1 aliphatic rings. The number of carbonyl (C=O) groups is 2. The number of carboxylic acids is 1. The largest absolute Gasteiger partial charge is 0.478 e. The summed E-state index contributed by atoms with van der Waals surface area (Å²) >= 11 is 0. The van der Waals surface area contributed by atoms with Crippen LogP contribution in [0.3, 0.4) is 0 Å². The van der Waals surface area contributed by atoms with Gasteiger partial charge < -0.3 is 15.2 Å². The van der Waals surface area contributed by atoms with Crippen LogP contribution in [0.5, 0.6) is 0 Å². The van der Waals surface area contributed by atoms with Gasteiger partial charge in [0.2, 0.25) is 0 Å². The highest BCUT2D eigenvalue weighted by Crippen LogP contribution is 2.19. The molecular formula is C15H19NO4. The van der Waals surface area contributed by atoms with E-state index in [0.717, 1.165) is 19.4 Å². The van der Waals surface area contributed by atoms with Gasteiger partial charge in [-0.2, -0.15) is 0 Å². The summed E-state index contributed by atoms with van der Waals surface area (Å²) in [7, 11) is 0. The number of aryl methyl sites for hydroxylation is 2. The second kappa shape index (κ2) is 6.05. The van der Waals surface area contributed by atoms with Gasteiger partial charge in [0.25, 0.3) is 5.91 Å². The smallest absolute Gasteiger partial charge is 0.336 e. The summed E-state index contributed by atoms with van der Waals surface area (Å²) in [4.78, 5) is 23.6. The Bertz CT molecular complexity index is 533. The minimum absolute atomic E-state index is 0.0392. The van der Waals surface area contributed by atoms with E-state index in [1.165, 1.54) is 0 Å². The lowest BCUT2D eigenvalue weighted by molar-refractivity contribution is 0.0688. The van der Waals surface area contributed by atoms with Crippen molar-refractivity contribution in [3.8, 4) is 0 Å². The first kappa shape index (κ1) is 14.5. The van der Waals surface area contributed by atoms with Gasteiger partial charge in [-0.1, -0.05) is 12.1 Å². The molecule has 1 saturated heterocycles. The van der Waals surface area contributed by atoms with Crippen LogP contribution in [0.2, 0.25) is 0 Å². The number of carboxylic acid groups (broad SMARTS) is 1. The molecule has 1 unspecified atom stereocenters. The van der Waals surface area contributed by atoms with Crippen LogP contribution in [-0.4, -0.2) is 36.2 Å². The lowest BCUT2D eigenvalue weighted by Crippen LogP contribution is -2.33. The SMILES string of the molecule is Cc1ccc(C)c(C(=O)NCC2CCCO2)c1C(=O)O. The highest BCUT2D eigenvalue weighted by Gasteiger charge is 2.22. The second-order valence-corrected chi connectivity index (χ2v) is 5.10. The number of ether oxygens (including phenoxy) is 1. The van der Waals surface area contributed by atoms with Crippen LogP contribution in [0.15, 0.2) is 12.1 Å². The van der Waals surface area contributed by atoms with Crippen molar-refractivity contribution in [2.24, 2.45) is 0 Å². The van der Waals surface area contributed by atoms with Crippen LogP contribution < -0.4 is 5.32 Å². The molecule has 5 nitrogen and oxygen atoms in total. The third kappa shape index (κ3) is 2.99. The molecule has 2 rings (SSSR count). The number of amides is 1. The van der Waals surface area contributed by atoms with Gasteiger partial charge in [-0.15, -0.1) is 0 Å². The molecule has 0 bridgehead atoms. The lowest BCUT2D eigenvalue weighted by Gasteiger charge is -2.14. The van der Waals surface area contributed by atoms with E-state index in [0.29, 0.717) is 17.7 Å². The fourth-order valence-electron chi connectivity index (χ4n) is 2.48. The molecule has 1 aromatic rings. The fourth-order valence-corrected chi connectivity index (χ4v) is 2.48. The fraction of sp³-hybridized carbons (Fsp3) is 0.467. The van der Waals surface area contributed by atoms with Crippen molar-refractivity contribution < 1.29 is 19.4 Å². The van der Waals surface area contributed by atoms with Crippen LogP contribution in [0, 0.1) is 13.8 Å². The second-order valence-electron chi connectivity index (χ2n) is 5.10. The molecule has 0 radical (unpaired) electrons. The van der Waals surface area contributed by atoms with Gasteiger partial charge in [-0.3, -0.25) is 4.79 Å². The zero-order valence-corrected chi connectivity index (χ0v) is 11.7. The predicted octanol–water partition coefficient (Wildman–Crippen LogP) is 1.91. The molecule has 0 saturated carbocycles. The van der Waals surface area contributed by atoms with Crippen molar-refractivity contribution in [2.45, 2.75) is 32.8 Å². The minimum Gasteiger partial charge on any atom is -0.478 e. The Hall–Kier alpha value is -1.88. The molecule has 1 fully saturated rings. The minimum atomic E-state index is -1.08. The van der Waals surface area contributed by atoms with E-state index in [1.807, 2.05) is 0 Å². The Kier molecular flexibility index (Phi) is 4.39. The maximum Gasteiger partial charge on any atom is 0.336 e. The summed E-state index contributed by atoms with van der Waals surface area (Å²) in [5, 5.41) is 12.1. The Labute approximate surface area is 117 Å². The maximum atomic E-state index is 12.3. The van der Waals surface area contributed by atoms with Crippen molar-refractivity contribution in [3.63, 3.8) is 0 Å². The number of hydrogen-bond donors (Lipinski definition) is 2. The first-order valence-electron chi connectivity index (χ1n) is 6.74. The van der Waals surface area contributed by atoms with Gasteiger partial charge in [-0.25, -0.2) is 4.79 Å². The van der Waals surface area contributed by atoms with Gasteiger partial charge in [0.05, 0.1) is 17.2 Å². The molecule has 5 heteroatoms. The normalized spacial score (nSPS) is 18.0. The highest BCUT2D eigenvalue weighted by atomic mass is 16.5. The summed E-state index contributed by atoms with van der Waals surface area (Å²) < 4.78 is 5.44. The molecule has 1 aromatic carbocycles. The van der Waals surface area contributed by atoms with Gasteiger partial charge >= 0.3 is 5.97 Å². The van der Waals surface area contributed by atoms with E-state index in [2.05, 4.69) is 5.32 Å². The molecule has 1 aliphatic heterocycles. The van der Waals surface area contributed by atoms with Crippen molar-refractivity contribution in [1.29, 1.82) is 0 Å². The molecule has 1 heterocycles. The lowest BCUT2D eigenvalue weighted by atomic mass is 9.96. The standard InChI is InChI=1S/C15H19NO4/c1-9-5-6-10(2)13(15(18)19)12(9)14(17)16-8-11-4-3-7-20-11/h5-6,11H,3-4,7-8H2,1-2H3,(H,16,17)(H,18,19).